The molecule has 4 heteroatoms. The van der Waals surface area contributed by atoms with Crippen molar-refractivity contribution in [1.29, 1.82) is 0 Å². The van der Waals surface area contributed by atoms with Gasteiger partial charge in [-0.25, -0.2) is 0 Å². The van der Waals surface area contributed by atoms with Crippen molar-refractivity contribution in [1.82, 2.24) is 0 Å². The number of carbonyl (C=O) groups is 2. The average Bonchev–Trinajstić information content (AvgIpc) is 2.35. The molecule has 0 heterocycles. The van der Waals surface area contributed by atoms with E-state index in [1.54, 1.807) is 59.1 Å². The second-order valence-electron chi connectivity index (χ2n) is 5.35. The molecule has 0 aliphatic carbocycles. The third-order valence-electron chi connectivity index (χ3n) is 2.53. The molecule has 0 spiro atoms. The normalized spacial score (nSPS) is 12.7. The monoisotopic (exact) mass is 264 g/mol. The maximum Gasteiger partial charge on any atom is 0.317 e. The molecule has 0 bridgehead atoms. The molecule has 1 unspecified atom stereocenters. The quantitative estimate of drug-likeness (QED) is 0.476. The standard InChI is InChI=1S/C15H20O4/c1-10(14(17)19-15(2,3)4)13(16)11-6-8-12(18-5)9-7-11/h6-10H,1-5H3. The molecule has 0 fully saturated rings. The topological polar surface area (TPSA) is 52.6 Å². The van der Waals surface area contributed by atoms with E-state index in [-0.39, 0.29) is 5.78 Å². The Morgan fingerprint density at radius 1 is 1.11 bits per heavy atom. The number of methoxy groups -OCH3 is 1. The summed E-state index contributed by atoms with van der Waals surface area (Å²) in [5.41, 5.74) is -0.120. The summed E-state index contributed by atoms with van der Waals surface area (Å²) in [6, 6.07) is 6.66. The van der Waals surface area contributed by atoms with Crippen molar-refractivity contribution in [3.05, 3.63) is 29.8 Å². The number of hydrogen-bond acceptors (Lipinski definition) is 4. The molecule has 0 amide bonds. The fourth-order valence-corrected chi connectivity index (χ4v) is 1.50. The highest BCUT2D eigenvalue weighted by atomic mass is 16.6. The Kier molecular flexibility index (Phi) is 4.70. The van der Waals surface area contributed by atoms with Gasteiger partial charge >= 0.3 is 5.97 Å². The fourth-order valence-electron chi connectivity index (χ4n) is 1.50. The van der Waals surface area contributed by atoms with E-state index in [2.05, 4.69) is 0 Å². The van der Waals surface area contributed by atoms with E-state index in [0.717, 1.165) is 0 Å². The number of ketones is 1. The van der Waals surface area contributed by atoms with Gasteiger partial charge in [-0.1, -0.05) is 0 Å². The number of Topliss-reactive ketones (excluding diaryl/α,β-unsaturated/α-hetero) is 1. The zero-order valence-electron chi connectivity index (χ0n) is 12.0. The molecule has 19 heavy (non-hydrogen) atoms. The molecule has 0 saturated carbocycles. The van der Waals surface area contributed by atoms with Gasteiger partial charge in [0, 0.05) is 5.56 Å². The molecule has 0 radical (unpaired) electrons. The van der Waals surface area contributed by atoms with Gasteiger partial charge in [0.15, 0.2) is 5.78 Å². The Bertz CT molecular complexity index is 454. The molecular weight excluding hydrogens is 244 g/mol. The highest BCUT2D eigenvalue weighted by Gasteiger charge is 2.27. The maximum atomic E-state index is 12.1. The largest absolute Gasteiger partial charge is 0.497 e. The van der Waals surface area contributed by atoms with Crippen LogP contribution in [0.3, 0.4) is 0 Å². The van der Waals surface area contributed by atoms with Gasteiger partial charge in [0.1, 0.15) is 17.3 Å². The summed E-state index contributed by atoms with van der Waals surface area (Å²) in [6.07, 6.45) is 0. The fraction of sp³-hybridized carbons (Fsp3) is 0.467. The van der Waals surface area contributed by atoms with Crippen LogP contribution in [0.15, 0.2) is 24.3 Å². The van der Waals surface area contributed by atoms with E-state index < -0.39 is 17.5 Å². The predicted molar refractivity (Wildman–Crippen MR) is 72.3 cm³/mol. The van der Waals surface area contributed by atoms with Crippen LogP contribution in [0.2, 0.25) is 0 Å². The van der Waals surface area contributed by atoms with E-state index in [1.807, 2.05) is 0 Å². The van der Waals surface area contributed by atoms with E-state index in [1.165, 1.54) is 0 Å². The molecule has 1 aromatic carbocycles. The summed E-state index contributed by atoms with van der Waals surface area (Å²) in [5, 5.41) is 0. The molecule has 1 atom stereocenters. The first-order chi connectivity index (χ1) is 8.74. The van der Waals surface area contributed by atoms with Crippen molar-refractivity contribution in [2.24, 2.45) is 5.92 Å². The average molecular weight is 264 g/mol. The second kappa shape index (κ2) is 5.87. The van der Waals surface area contributed by atoms with E-state index in [9.17, 15) is 9.59 Å². The Morgan fingerprint density at radius 3 is 2.05 bits per heavy atom. The number of carbonyl (C=O) groups excluding carboxylic acids is 2. The number of benzene rings is 1. The minimum absolute atomic E-state index is 0.253. The van der Waals surface area contributed by atoms with Gasteiger partial charge in [-0.2, -0.15) is 0 Å². The summed E-state index contributed by atoms with van der Waals surface area (Å²) < 4.78 is 10.2. The third kappa shape index (κ3) is 4.39. The summed E-state index contributed by atoms with van der Waals surface area (Å²) in [5.74, 6) is -0.903. The van der Waals surface area contributed by atoms with Crippen LogP contribution in [-0.4, -0.2) is 24.5 Å². The molecule has 0 aliphatic rings. The van der Waals surface area contributed by atoms with Gasteiger partial charge in [0.2, 0.25) is 0 Å². The number of hydrogen-bond donors (Lipinski definition) is 0. The summed E-state index contributed by atoms with van der Waals surface area (Å²) >= 11 is 0. The van der Waals surface area contributed by atoms with Crippen molar-refractivity contribution in [2.75, 3.05) is 7.11 Å². The Hall–Kier alpha value is -1.84. The van der Waals surface area contributed by atoms with Gasteiger partial charge in [-0.15, -0.1) is 0 Å². The molecular formula is C15H20O4. The lowest BCUT2D eigenvalue weighted by Crippen LogP contribution is -2.31. The zero-order valence-corrected chi connectivity index (χ0v) is 12.0. The van der Waals surface area contributed by atoms with Crippen LogP contribution >= 0.6 is 0 Å². The molecule has 0 aromatic heterocycles. The Balaban J connectivity index is 2.78. The van der Waals surface area contributed by atoms with Crippen LogP contribution in [0.5, 0.6) is 5.75 Å². The third-order valence-corrected chi connectivity index (χ3v) is 2.53. The van der Waals surface area contributed by atoms with Crippen molar-refractivity contribution >= 4 is 11.8 Å². The van der Waals surface area contributed by atoms with Crippen LogP contribution in [0.25, 0.3) is 0 Å². The van der Waals surface area contributed by atoms with Crippen molar-refractivity contribution in [2.45, 2.75) is 33.3 Å². The molecule has 1 rings (SSSR count). The van der Waals surface area contributed by atoms with Crippen molar-refractivity contribution in [3.8, 4) is 5.75 Å². The Morgan fingerprint density at radius 2 is 1.63 bits per heavy atom. The Labute approximate surface area is 113 Å². The van der Waals surface area contributed by atoms with Gasteiger partial charge in [0.25, 0.3) is 0 Å². The number of ether oxygens (including phenoxy) is 2. The molecule has 0 N–H and O–H groups in total. The van der Waals surface area contributed by atoms with E-state index in [4.69, 9.17) is 9.47 Å². The highest BCUT2D eigenvalue weighted by molar-refractivity contribution is 6.08. The zero-order chi connectivity index (χ0) is 14.6. The number of esters is 1. The summed E-state index contributed by atoms with van der Waals surface area (Å²) in [4.78, 5) is 24.0. The van der Waals surface area contributed by atoms with Crippen molar-refractivity contribution < 1.29 is 19.1 Å². The minimum Gasteiger partial charge on any atom is -0.497 e. The smallest absolute Gasteiger partial charge is 0.317 e. The van der Waals surface area contributed by atoms with Crippen LogP contribution in [0.4, 0.5) is 0 Å². The molecule has 104 valence electrons. The second-order valence-corrected chi connectivity index (χ2v) is 5.35. The first-order valence-electron chi connectivity index (χ1n) is 6.15. The van der Waals surface area contributed by atoms with Crippen LogP contribution in [0, 0.1) is 5.92 Å². The first kappa shape index (κ1) is 15.2. The SMILES string of the molecule is COc1ccc(C(=O)C(C)C(=O)OC(C)(C)C)cc1. The van der Waals surface area contributed by atoms with Gasteiger partial charge in [0.05, 0.1) is 7.11 Å². The van der Waals surface area contributed by atoms with Crippen LogP contribution in [0.1, 0.15) is 38.1 Å². The van der Waals surface area contributed by atoms with Gasteiger partial charge in [-0.05, 0) is 52.0 Å². The lowest BCUT2D eigenvalue weighted by molar-refractivity contribution is -0.157. The molecule has 0 saturated heterocycles. The summed E-state index contributed by atoms with van der Waals surface area (Å²) in [6.45, 7) is 6.88. The summed E-state index contributed by atoms with van der Waals surface area (Å²) in [7, 11) is 1.56. The number of rotatable bonds is 4. The maximum absolute atomic E-state index is 12.1. The minimum atomic E-state index is -0.812. The van der Waals surface area contributed by atoms with E-state index in [0.29, 0.717) is 11.3 Å². The van der Waals surface area contributed by atoms with Gasteiger partial charge < -0.3 is 9.47 Å². The molecule has 4 nitrogen and oxygen atoms in total. The van der Waals surface area contributed by atoms with Crippen molar-refractivity contribution in [3.63, 3.8) is 0 Å². The van der Waals surface area contributed by atoms with Crippen LogP contribution in [-0.2, 0) is 9.53 Å². The molecule has 1 aromatic rings. The van der Waals surface area contributed by atoms with E-state index >= 15 is 0 Å². The highest BCUT2D eigenvalue weighted by Crippen LogP contribution is 2.17. The van der Waals surface area contributed by atoms with Gasteiger partial charge in [-0.3, -0.25) is 9.59 Å². The molecule has 0 aliphatic heterocycles. The lowest BCUT2D eigenvalue weighted by atomic mass is 9.99. The lowest BCUT2D eigenvalue weighted by Gasteiger charge is -2.21. The first-order valence-corrected chi connectivity index (χ1v) is 6.15. The van der Waals surface area contributed by atoms with Crippen LogP contribution < -0.4 is 4.74 Å². The predicted octanol–water partition coefficient (Wildman–Crippen LogP) is 2.86.